The Balaban J connectivity index is 3.03. The van der Waals surface area contributed by atoms with Crippen LogP contribution in [0.5, 0.6) is 0 Å². The highest BCUT2D eigenvalue weighted by Gasteiger charge is 2.16. The molecule has 1 rings (SSSR count). The first-order valence-electron chi connectivity index (χ1n) is 3.04. The summed E-state index contributed by atoms with van der Waals surface area (Å²) in [6.07, 6.45) is 0. The Morgan fingerprint density at radius 1 is 1.40 bits per heavy atom. The van der Waals surface area contributed by atoms with E-state index in [9.17, 15) is 0 Å². The molecule has 1 aromatic rings. The topological polar surface area (TPSA) is 53.6 Å². The quantitative estimate of drug-likeness (QED) is 0.520. The maximum absolute atomic E-state index is 8.71. The van der Waals surface area contributed by atoms with E-state index in [1.54, 1.807) is 19.9 Å². The molecule has 0 spiro atoms. The largest absolute Gasteiger partial charge is 0.492 e. The van der Waals surface area contributed by atoms with Gasteiger partial charge in [-0.3, -0.25) is 0 Å². The van der Waals surface area contributed by atoms with Gasteiger partial charge in [-0.05, 0) is 19.9 Å². The minimum Gasteiger partial charge on any atom is -0.467 e. The Morgan fingerprint density at radius 2 is 2.00 bits per heavy atom. The van der Waals surface area contributed by atoms with Gasteiger partial charge in [0.05, 0.1) is 0 Å². The number of hydrogen-bond donors (Lipinski definition) is 2. The van der Waals surface area contributed by atoms with Crippen LogP contribution in [-0.4, -0.2) is 17.2 Å². The number of rotatable bonds is 1. The van der Waals surface area contributed by atoms with E-state index in [0.29, 0.717) is 17.0 Å². The van der Waals surface area contributed by atoms with Gasteiger partial charge < -0.3 is 14.5 Å². The van der Waals surface area contributed by atoms with Crippen molar-refractivity contribution in [2.24, 2.45) is 0 Å². The second-order valence-corrected chi connectivity index (χ2v) is 2.24. The second kappa shape index (κ2) is 2.48. The summed E-state index contributed by atoms with van der Waals surface area (Å²) in [6.45, 7) is 3.46. The third kappa shape index (κ3) is 1.22. The highest BCUT2D eigenvalue weighted by Crippen LogP contribution is 2.01. The molecule has 0 aromatic carbocycles. The molecule has 4 heteroatoms. The van der Waals surface area contributed by atoms with Gasteiger partial charge in [0.25, 0.3) is 0 Å². The summed E-state index contributed by atoms with van der Waals surface area (Å²) >= 11 is 0. The lowest BCUT2D eigenvalue weighted by atomic mass is 9.80. The highest BCUT2D eigenvalue weighted by atomic mass is 16.4. The molecular formula is C6H9BO3. The molecule has 54 valence electrons. The number of hydrogen-bond acceptors (Lipinski definition) is 3. The molecule has 0 aliphatic rings. The zero-order valence-electron chi connectivity index (χ0n) is 5.96. The maximum Gasteiger partial charge on any atom is 0.492 e. The van der Waals surface area contributed by atoms with Crippen LogP contribution in [0.15, 0.2) is 10.5 Å². The van der Waals surface area contributed by atoms with Crippen molar-refractivity contribution in [3.05, 3.63) is 17.6 Å². The van der Waals surface area contributed by atoms with Crippen LogP contribution in [0.3, 0.4) is 0 Å². The molecule has 0 saturated heterocycles. The molecule has 0 aliphatic heterocycles. The molecule has 0 amide bonds. The van der Waals surface area contributed by atoms with Gasteiger partial charge in [0.15, 0.2) is 0 Å². The van der Waals surface area contributed by atoms with Gasteiger partial charge in [-0.2, -0.15) is 0 Å². The Kier molecular flexibility index (Phi) is 1.83. The first-order chi connectivity index (χ1) is 4.61. The summed E-state index contributed by atoms with van der Waals surface area (Å²) in [5.41, 5.74) is 0.442. The van der Waals surface area contributed by atoms with Crippen molar-refractivity contribution in [3.8, 4) is 0 Å². The summed E-state index contributed by atoms with van der Waals surface area (Å²) in [7, 11) is -1.42. The molecule has 2 N–H and O–H groups in total. The van der Waals surface area contributed by atoms with E-state index < -0.39 is 7.12 Å². The molecule has 1 aromatic heterocycles. The third-order valence-corrected chi connectivity index (χ3v) is 1.36. The molecule has 3 nitrogen and oxygen atoms in total. The van der Waals surface area contributed by atoms with Crippen molar-refractivity contribution in [1.82, 2.24) is 0 Å². The average Bonchev–Trinajstić information content (AvgIpc) is 2.10. The van der Waals surface area contributed by atoms with Crippen LogP contribution < -0.4 is 5.46 Å². The summed E-state index contributed by atoms with van der Waals surface area (Å²) in [6, 6.07) is 1.61. The minimum absolute atomic E-state index is 0.442. The van der Waals surface area contributed by atoms with Crippen LogP contribution >= 0.6 is 0 Å². The van der Waals surface area contributed by atoms with Gasteiger partial charge in [0, 0.05) is 5.46 Å². The van der Waals surface area contributed by atoms with Crippen molar-refractivity contribution in [1.29, 1.82) is 0 Å². The third-order valence-electron chi connectivity index (χ3n) is 1.36. The van der Waals surface area contributed by atoms with E-state index in [4.69, 9.17) is 14.5 Å². The normalized spacial score (nSPS) is 10.0. The van der Waals surface area contributed by atoms with E-state index in [1.165, 1.54) is 0 Å². The average molecular weight is 140 g/mol. The van der Waals surface area contributed by atoms with Crippen molar-refractivity contribution < 1.29 is 14.5 Å². The smallest absolute Gasteiger partial charge is 0.467 e. The molecular weight excluding hydrogens is 131 g/mol. The summed E-state index contributed by atoms with van der Waals surface area (Å²) < 4.78 is 5.06. The molecule has 0 aliphatic carbocycles. The Labute approximate surface area is 59.4 Å². The van der Waals surface area contributed by atoms with Crippen LogP contribution in [0.2, 0.25) is 0 Å². The Bertz CT molecular complexity index is 229. The highest BCUT2D eigenvalue weighted by molar-refractivity contribution is 6.59. The first-order valence-corrected chi connectivity index (χ1v) is 3.04. The minimum atomic E-state index is -1.42. The summed E-state index contributed by atoms with van der Waals surface area (Å²) in [4.78, 5) is 0. The van der Waals surface area contributed by atoms with Gasteiger partial charge >= 0.3 is 7.12 Å². The zero-order valence-corrected chi connectivity index (χ0v) is 5.96. The zero-order chi connectivity index (χ0) is 7.72. The van der Waals surface area contributed by atoms with E-state index in [1.807, 2.05) is 0 Å². The molecule has 0 unspecified atom stereocenters. The second-order valence-electron chi connectivity index (χ2n) is 2.24. The van der Waals surface area contributed by atoms with Crippen LogP contribution in [0.4, 0.5) is 0 Å². The van der Waals surface area contributed by atoms with E-state index in [0.717, 1.165) is 0 Å². The van der Waals surface area contributed by atoms with Crippen LogP contribution in [0.25, 0.3) is 0 Å². The molecule has 1 heterocycles. The predicted octanol–water partition coefficient (Wildman–Crippen LogP) is -0.424. The van der Waals surface area contributed by atoms with Crippen LogP contribution in [-0.2, 0) is 0 Å². The lowest BCUT2D eigenvalue weighted by Crippen LogP contribution is -2.30. The van der Waals surface area contributed by atoms with Gasteiger partial charge in [0.2, 0.25) is 0 Å². The van der Waals surface area contributed by atoms with E-state index >= 15 is 0 Å². The molecule has 10 heavy (non-hydrogen) atoms. The number of aryl methyl sites for hydroxylation is 2. The fourth-order valence-corrected chi connectivity index (χ4v) is 0.907. The monoisotopic (exact) mass is 140 g/mol. The van der Waals surface area contributed by atoms with E-state index in [-0.39, 0.29) is 0 Å². The Hall–Kier alpha value is -0.735. The maximum atomic E-state index is 8.71. The first kappa shape index (κ1) is 7.37. The SMILES string of the molecule is Cc1cc(B(O)O)c(C)o1. The predicted molar refractivity (Wildman–Crippen MR) is 38.0 cm³/mol. The summed E-state index contributed by atoms with van der Waals surface area (Å²) in [5, 5.41) is 17.4. The molecule has 0 fully saturated rings. The Morgan fingerprint density at radius 3 is 2.20 bits per heavy atom. The lowest BCUT2D eigenvalue weighted by Gasteiger charge is -1.91. The molecule has 0 bridgehead atoms. The molecule has 0 atom stereocenters. The van der Waals surface area contributed by atoms with Gasteiger partial charge in [-0.1, -0.05) is 0 Å². The standard InChI is InChI=1S/C6H9BO3/c1-4-3-6(7(8)9)5(2)10-4/h3,8-9H,1-2H3. The van der Waals surface area contributed by atoms with E-state index in [2.05, 4.69) is 0 Å². The summed E-state index contributed by atoms with van der Waals surface area (Å²) in [5.74, 6) is 1.26. The lowest BCUT2D eigenvalue weighted by molar-refractivity contribution is 0.424. The number of furan rings is 1. The molecule has 0 radical (unpaired) electrons. The van der Waals surface area contributed by atoms with Crippen molar-refractivity contribution >= 4 is 12.6 Å². The van der Waals surface area contributed by atoms with Gasteiger partial charge in [-0.15, -0.1) is 0 Å². The van der Waals surface area contributed by atoms with Gasteiger partial charge in [0.1, 0.15) is 11.5 Å². The van der Waals surface area contributed by atoms with Crippen molar-refractivity contribution in [2.45, 2.75) is 13.8 Å². The van der Waals surface area contributed by atoms with Crippen molar-refractivity contribution in [3.63, 3.8) is 0 Å². The van der Waals surface area contributed by atoms with Crippen LogP contribution in [0, 0.1) is 13.8 Å². The fourth-order valence-electron chi connectivity index (χ4n) is 0.907. The van der Waals surface area contributed by atoms with Gasteiger partial charge in [-0.25, -0.2) is 0 Å². The molecule has 0 saturated carbocycles. The van der Waals surface area contributed by atoms with Crippen LogP contribution in [0.1, 0.15) is 11.5 Å². The van der Waals surface area contributed by atoms with Crippen molar-refractivity contribution in [2.75, 3.05) is 0 Å². The fraction of sp³-hybridized carbons (Fsp3) is 0.333.